The third kappa shape index (κ3) is 4.34. The summed E-state index contributed by atoms with van der Waals surface area (Å²) in [5, 5.41) is 7.85. The van der Waals surface area contributed by atoms with E-state index in [9.17, 15) is 13.2 Å². The molecule has 0 aliphatic carbocycles. The minimum Gasteiger partial charge on any atom is -0.340 e. The first-order chi connectivity index (χ1) is 16.6. The molecule has 3 heterocycles. The average Bonchev–Trinajstić information content (AvgIpc) is 3.05. The van der Waals surface area contributed by atoms with Crippen molar-refractivity contribution in [1.29, 1.82) is 0 Å². The van der Waals surface area contributed by atoms with Gasteiger partial charge < -0.3 is 10.6 Å². The second-order valence-electron chi connectivity index (χ2n) is 8.96. The van der Waals surface area contributed by atoms with Crippen molar-refractivity contribution in [3.63, 3.8) is 0 Å². The van der Waals surface area contributed by atoms with Crippen LogP contribution in [0.25, 0.3) is 10.8 Å². The second kappa shape index (κ2) is 8.22. The zero-order valence-electron chi connectivity index (χ0n) is 19.4. The molecule has 2 aromatic heterocycles. The predicted molar refractivity (Wildman–Crippen MR) is 136 cm³/mol. The number of pyridine rings is 2. The lowest BCUT2D eigenvalue weighted by molar-refractivity contribution is -0.119. The van der Waals surface area contributed by atoms with Crippen LogP contribution in [0.5, 0.6) is 0 Å². The van der Waals surface area contributed by atoms with Gasteiger partial charge in [-0.1, -0.05) is 12.0 Å². The third-order valence-electron chi connectivity index (χ3n) is 6.04. The summed E-state index contributed by atoms with van der Waals surface area (Å²) in [7, 11) is -3.26. The molecule has 0 fully saturated rings. The molecule has 1 aliphatic rings. The molecule has 1 amide bonds. The summed E-state index contributed by atoms with van der Waals surface area (Å²) in [6, 6.07) is 16.0. The van der Waals surface area contributed by atoms with E-state index in [2.05, 4.69) is 32.4 Å². The van der Waals surface area contributed by atoms with Gasteiger partial charge in [0.15, 0.2) is 9.84 Å². The lowest BCUT2D eigenvalue weighted by atomic mass is 9.86. The first-order valence-corrected chi connectivity index (χ1v) is 12.8. The summed E-state index contributed by atoms with van der Waals surface area (Å²) in [5.74, 6) is 6.86. The summed E-state index contributed by atoms with van der Waals surface area (Å²) in [6.07, 6.45) is 4.61. The van der Waals surface area contributed by atoms with Crippen molar-refractivity contribution in [2.24, 2.45) is 0 Å². The Balaban J connectivity index is 1.45. The molecule has 0 bridgehead atoms. The van der Waals surface area contributed by atoms with Crippen LogP contribution in [0.3, 0.4) is 0 Å². The molecule has 35 heavy (non-hydrogen) atoms. The van der Waals surface area contributed by atoms with Crippen molar-refractivity contribution in [2.45, 2.75) is 24.2 Å². The average molecular weight is 483 g/mol. The highest BCUT2D eigenvalue weighted by Crippen LogP contribution is 2.37. The van der Waals surface area contributed by atoms with Gasteiger partial charge in [-0.3, -0.25) is 4.79 Å². The van der Waals surface area contributed by atoms with E-state index in [0.29, 0.717) is 17.2 Å². The summed E-state index contributed by atoms with van der Waals surface area (Å²) < 4.78 is 23.4. The van der Waals surface area contributed by atoms with Gasteiger partial charge in [0.05, 0.1) is 10.3 Å². The fraction of sp³-hybridized carbons (Fsp3) is 0.148. The lowest BCUT2D eigenvalue weighted by Crippen LogP contribution is -2.26. The van der Waals surface area contributed by atoms with E-state index in [1.165, 1.54) is 6.26 Å². The quantitative estimate of drug-likeness (QED) is 0.420. The minimum absolute atomic E-state index is 0.0215. The maximum absolute atomic E-state index is 12.2. The minimum atomic E-state index is -3.26. The normalized spacial score (nSPS) is 14.1. The van der Waals surface area contributed by atoms with E-state index in [1.807, 2.05) is 44.2 Å². The van der Waals surface area contributed by atoms with Crippen molar-refractivity contribution in [1.82, 2.24) is 9.97 Å². The number of aromatic nitrogens is 2. The molecule has 174 valence electrons. The standard InChI is InChI=1S/C27H22N4O3S/c1-27(2)22-10-4-17(14-24(22)31-26(27)32)5-11-23-21-15-25(29-16-18(21)12-13-28-23)30-19-6-8-20(9-7-19)35(3,33)34/h4,6-10,12-16H,1-3H3,(H,29,30)(H,31,32). The molecule has 8 heteroatoms. The van der Waals surface area contributed by atoms with Gasteiger partial charge in [0.2, 0.25) is 5.91 Å². The molecule has 2 aromatic carbocycles. The van der Waals surface area contributed by atoms with E-state index in [-0.39, 0.29) is 10.8 Å². The monoisotopic (exact) mass is 482 g/mol. The van der Waals surface area contributed by atoms with E-state index >= 15 is 0 Å². The van der Waals surface area contributed by atoms with Crippen LogP contribution in [0.2, 0.25) is 0 Å². The van der Waals surface area contributed by atoms with Gasteiger partial charge in [-0.2, -0.15) is 0 Å². The molecule has 0 spiro atoms. The summed E-state index contributed by atoms with van der Waals surface area (Å²) >= 11 is 0. The second-order valence-corrected chi connectivity index (χ2v) is 11.0. The molecule has 0 saturated heterocycles. The van der Waals surface area contributed by atoms with Crippen LogP contribution in [-0.4, -0.2) is 30.5 Å². The highest BCUT2D eigenvalue weighted by atomic mass is 32.2. The lowest BCUT2D eigenvalue weighted by Gasteiger charge is -2.14. The van der Waals surface area contributed by atoms with Gasteiger partial charge in [0, 0.05) is 46.4 Å². The largest absolute Gasteiger partial charge is 0.340 e. The predicted octanol–water partition coefficient (Wildman–Crippen LogP) is 4.41. The fourth-order valence-electron chi connectivity index (χ4n) is 3.97. The molecular weight excluding hydrogens is 460 g/mol. The molecule has 5 rings (SSSR count). The number of sulfone groups is 1. The smallest absolute Gasteiger partial charge is 0.234 e. The Morgan fingerprint density at radius 3 is 2.49 bits per heavy atom. The SMILES string of the molecule is CC1(C)C(=O)Nc2cc(C#Cc3nccc4cnc(Nc5ccc(S(C)(=O)=O)cc5)cc34)ccc21. The number of hydrogen-bond donors (Lipinski definition) is 2. The van der Waals surface area contributed by atoms with Crippen molar-refractivity contribution >= 4 is 43.7 Å². The number of anilines is 3. The van der Waals surface area contributed by atoms with Crippen LogP contribution in [0.1, 0.15) is 30.7 Å². The summed E-state index contributed by atoms with van der Waals surface area (Å²) in [5.41, 5.74) is 3.28. The molecule has 1 aliphatic heterocycles. The maximum atomic E-state index is 12.2. The van der Waals surface area contributed by atoms with E-state index < -0.39 is 15.3 Å². The summed E-state index contributed by atoms with van der Waals surface area (Å²) in [6.45, 7) is 3.80. The molecule has 7 nitrogen and oxygen atoms in total. The fourth-order valence-corrected chi connectivity index (χ4v) is 4.60. The Kier molecular flexibility index (Phi) is 5.30. The summed E-state index contributed by atoms with van der Waals surface area (Å²) in [4.78, 5) is 21.4. The van der Waals surface area contributed by atoms with Crippen molar-refractivity contribution in [2.75, 3.05) is 16.9 Å². The number of carbonyl (C=O) groups excluding carboxylic acids is 1. The number of rotatable bonds is 3. The van der Waals surface area contributed by atoms with Gasteiger partial charge in [0.1, 0.15) is 11.5 Å². The van der Waals surface area contributed by atoms with Gasteiger partial charge in [0.25, 0.3) is 0 Å². The molecule has 0 radical (unpaired) electrons. The number of hydrogen-bond acceptors (Lipinski definition) is 6. The highest BCUT2D eigenvalue weighted by Gasteiger charge is 2.38. The topological polar surface area (TPSA) is 101 Å². The molecule has 0 saturated carbocycles. The van der Waals surface area contributed by atoms with E-state index in [0.717, 1.165) is 27.6 Å². The van der Waals surface area contributed by atoms with Crippen LogP contribution in [0, 0.1) is 11.8 Å². The molecular formula is C27H22N4O3S. The van der Waals surface area contributed by atoms with Gasteiger partial charge in [-0.25, -0.2) is 18.4 Å². The zero-order chi connectivity index (χ0) is 24.8. The Labute approximate surface area is 203 Å². The Morgan fingerprint density at radius 2 is 1.74 bits per heavy atom. The number of nitrogens with zero attached hydrogens (tertiary/aromatic N) is 2. The molecule has 0 atom stereocenters. The van der Waals surface area contributed by atoms with Crippen LogP contribution < -0.4 is 10.6 Å². The number of benzene rings is 2. The van der Waals surface area contributed by atoms with Gasteiger partial charge in [-0.05, 0) is 73.9 Å². The van der Waals surface area contributed by atoms with Crippen LogP contribution in [0.15, 0.2) is 71.9 Å². The number of amides is 1. The van der Waals surface area contributed by atoms with E-state index in [4.69, 9.17) is 0 Å². The molecule has 4 aromatic rings. The third-order valence-corrected chi connectivity index (χ3v) is 7.16. The first kappa shape index (κ1) is 22.6. The Morgan fingerprint density at radius 1 is 0.971 bits per heavy atom. The molecule has 2 N–H and O–H groups in total. The number of carbonyl (C=O) groups is 1. The first-order valence-electron chi connectivity index (χ1n) is 10.9. The van der Waals surface area contributed by atoms with Gasteiger partial charge in [-0.15, -0.1) is 0 Å². The Hall–Kier alpha value is -4.22. The van der Waals surface area contributed by atoms with Crippen LogP contribution in [-0.2, 0) is 20.0 Å². The van der Waals surface area contributed by atoms with Crippen LogP contribution in [0.4, 0.5) is 17.2 Å². The van der Waals surface area contributed by atoms with E-state index in [1.54, 1.807) is 36.7 Å². The number of nitrogens with one attached hydrogen (secondary N) is 2. The van der Waals surface area contributed by atoms with Crippen molar-refractivity contribution in [3.8, 4) is 11.8 Å². The maximum Gasteiger partial charge on any atom is 0.234 e. The van der Waals surface area contributed by atoms with Crippen LogP contribution >= 0.6 is 0 Å². The zero-order valence-corrected chi connectivity index (χ0v) is 20.2. The van der Waals surface area contributed by atoms with Gasteiger partial charge >= 0.3 is 0 Å². The highest BCUT2D eigenvalue weighted by molar-refractivity contribution is 7.90. The van der Waals surface area contributed by atoms with Crippen molar-refractivity contribution < 1.29 is 13.2 Å². The van der Waals surface area contributed by atoms with Crippen molar-refractivity contribution in [3.05, 3.63) is 83.8 Å². The Bertz CT molecular complexity index is 1660. The molecule has 0 unspecified atom stereocenters. The number of fused-ring (bicyclic) bond motifs is 2.